The van der Waals surface area contributed by atoms with Gasteiger partial charge >= 0.3 is 5.97 Å². The van der Waals surface area contributed by atoms with E-state index in [9.17, 15) is 4.79 Å². The lowest BCUT2D eigenvalue weighted by atomic mass is 9.93. The summed E-state index contributed by atoms with van der Waals surface area (Å²) < 4.78 is 21.8. The van der Waals surface area contributed by atoms with E-state index in [0.717, 1.165) is 0 Å². The van der Waals surface area contributed by atoms with E-state index < -0.39 is 8.32 Å². The number of hydrogen-bond acceptors (Lipinski definition) is 5. The smallest absolute Gasteiger partial charge is 0.330 e. The number of rotatable bonds is 11. The highest BCUT2D eigenvalue weighted by atomic mass is 28.4. The van der Waals surface area contributed by atoms with Crippen LogP contribution in [0.1, 0.15) is 34.6 Å². The second-order valence-electron chi connectivity index (χ2n) is 8.22. The van der Waals surface area contributed by atoms with Gasteiger partial charge in [-0.2, -0.15) is 0 Å². The van der Waals surface area contributed by atoms with E-state index in [4.69, 9.17) is 13.9 Å². The highest BCUT2D eigenvalue weighted by Crippen LogP contribution is 2.39. The van der Waals surface area contributed by atoms with Crippen molar-refractivity contribution in [2.24, 2.45) is 11.8 Å². The first-order valence-corrected chi connectivity index (χ1v) is 12.0. The fourth-order valence-electron chi connectivity index (χ4n) is 2.22. The molecule has 6 heteroatoms. The molecule has 0 amide bonds. The number of ether oxygens (including phenoxy) is 3. The molecule has 0 aromatic heterocycles. The third-order valence-electron chi connectivity index (χ3n) is 4.86. The summed E-state index contributed by atoms with van der Waals surface area (Å²) in [6.07, 6.45) is 7.04. The lowest BCUT2D eigenvalue weighted by Gasteiger charge is -2.42. The van der Waals surface area contributed by atoms with Crippen molar-refractivity contribution < 1.29 is 23.4 Å². The SMILES string of the molecule is COCOCC(C)C(O[Si](C)(C)C(C)(C)C)C(C)/C=C/C=C/C(=O)OC. The molecule has 0 N–H and O–H groups in total. The summed E-state index contributed by atoms with van der Waals surface area (Å²) in [5.74, 6) is 0.0220. The predicted octanol–water partition coefficient (Wildman–Crippen LogP) is 4.55. The molecule has 0 aromatic rings. The number of allylic oxidation sites excluding steroid dienone is 2. The van der Waals surface area contributed by atoms with Gasteiger partial charge in [-0.3, -0.25) is 0 Å². The van der Waals surface area contributed by atoms with E-state index in [2.05, 4.69) is 58.5 Å². The molecule has 152 valence electrons. The van der Waals surface area contributed by atoms with Gasteiger partial charge in [0.25, 0.3) is 0 Å². The molecule has 0 bridgehead atoms. The molecule has 0 saturated heterocycles. The van der Waals surface area contributed by atoms with Crippen LogP contribution in [-0.2, 0) is 23.4 Å². The molecule has 0 spiro atoms. The molecule has 0 aliphatic carbocycles. The van der Waals surface area contributed by atoms with Crippen molar-refractivity contribution in [2.75, 3.05) is 27.6 Å². The van der Waals surface area contributed by atoms with Crippen molar-refractivity contribution in [2.45, 2.75) is 58.9 Å². The van der Waals surface area contributed by atoms with Gasteiger partial charge in [0.2, 0.25) is 0 Å². The fourth-order valence-corrected chi connectivity index (χ4v) is 3.70. The average Bonchev–Trinajstić information content (AvgIpc) is 2.55. The zero-order chi connectivity index (χ0) is 20.4. The van der Waals surface area contributed by atoms with Crippen LogP contribution in [0.25, 0.3) is 0 Å². The Kier molecular flexibility index (Phi) is 11.3. The summed E-state index contributed by atoms with van der Waals surface area (Å²) in [4.78, 5) is 11.2. The summed E-state index contributed by atoms with van der Waals surface area (Å²) in [6.45, 7) is 16.4. The van der Waals surface area contributed by atoms with E-state index in [-0.39, 0.29) is 35.7 Å². The van der Waals surface area contributed by atoms with Gasteiger partial charge in [0.1, 0.15) is 6.79 Å². The molecule has 0 aliphatic heterocycles. The minimum absolute atomic E-state index is 0.0236. The third-order valence-corrected chi connectivity index (χ3v) is 9.33. The van der Waals surface area contributed by atoms with E-state index in [1.54, 1.807) is 13.2 Å². The Morgan fingerprint density at radius 2 is 1.73 bits per heavy atom. The van der Waals surface area contributed by atoms with Gasteiger partial charge in [-0.1, -0.05) is 52.8 Å². The standard InChI is InChI=1S/C20H38O5Si/c1-16(12-10-11-13-18(21)23-7)19(17(2)14-24-15-22-6)25-26(8,9)20(3,4)5/h10-13,16-17,19H,14-15H2,1-9H3/b12-10+,13-11+. The number of hydrogen-bond donors (Lipinski definition) is 0. The summed E-state index contributed by atoms with van der Waals surface area (Å²) in [6, 6.07) is 0. The number of carbonyl (C=O) groups is 1. The molecule has 0 aliphatic rings. The predicted molar refractivity (Wildman–Crippen MR) is 109 cm³/mol. The molecule has 0 heterocycles. The molecule has 5 nitrogen and oxygen atoms in total. The summed E-state index contributed by atoms with van der Waals surface area (Å²) in [5, 5.41) is 0.132. The minimum atomic E-state index is -1.93. The Labute approximate surface area is 160 Å². The van der Waals surface area contributed by atoms with Crippen molar-refractivity contribution in [3.63, 3.8) is 0 Å². The number of methoxy groups -OCH3 is 2. The van der Waals surface area contributed by atoms with Crippen LogP contribution in [0.3, 0.4) is 0 Å². The van der Waals surface area contributed by atoms with Crippen LogP contribution < -0.4 is 0 Å². The Hall–Kier alpha value is -0.953. The second kappa shape index (κ2) is 11.7. The molecular weight excluding hydrogens is 348 g/mol. The van der Waals surface area contributed by atoms with Crippen LogP contribution in [-0.4, -0.2) is 48.0 Å². The average molecular weight is 387 g/mol. The summed E-state index contributed by atoms with van der Waals surface area (Å²) >= 11 is 0. The Morgan fingerprint density at radius 3 is 2.23 bits per heavy atom. The molecular formula is C20H38O5Si. The van der Waals surface area contributed by atoms with Gasteiger partial charge in [-0.05, 0) is 24.1 Å². The van der Waals surface area contributed by atoms with Gasteiger partial charge < -0.3 is 18.6 Å². The van der Waals surface area contributed by atoms with Crippen molar-refractivity contribution in [3.05, 3.63) is 24.3 Å². The molecule has 0 fully saturated rings. The van der Waals surface area contributed by atoms with Crippen molar-refractivity contribution in [1.29, 1.82) is 0 Å². The zero-order valence-electron chi connectivity index (χ0n) is 18.0. The van der Waals surface area contributed by atoms with Crippen LogP contribution in [0.15, 0.2) is 24.3 Å². The van der Waals surface area contributed by atoms with Gasteiger partial charge in [0.15, 0.2) is 8.32 Å². The van der Waals surface area contributed by atoms with E-state index >= 15 is 0 Å². The topological polar surface area (TPSA) is 54.0 Å². The summed E-state index contributed by atoms with van der Waals surface area (Å²) in [7, 11) is 1.06. The van der Waals surface area contributed by atoms with Gasteiger partial charge in [-0.15, -0.1) is 0 Å². The first kappa shape index (κ1) is 25.0. The van der Waals surface area contributed by atoms with Crippen LogP contribution in [0.2, 0.25) is 18.1 Å². The molecule has 3 unspecified atom stereocenters. The number of esters is 1. The van der Waals surface area contributed by atoms with Crippen LogP contribution in [0, 0.1) is 11.8 Å². The highest BCUT2D eigenvalue weighted by Gasteiger charge is 2.41. The molecule has 0 radical (unpaired) electrons. The van der Waals surface area contributed by atoms with Crippen molar-refractivity contribution >= 4 is 14.3 Å². The first-order chi connectivity index (χ1) is 12.0. The number of carbonyl (C=O) groups excluding carboxylic acids is 1. The molecule has 0 aromatic carbocycles. The van der Waals surface area contributed by atoms with Gasteiger partial charge in [0.05, 0.1) is 19.8 Å². The normalized spacial score (nSPS) is 16.8. The largest absolute Gasteiger partial charge is 0.466 e. The Balaban J connectivity index is 5.20. The maximum atomic E-state index is 11.2. The van der Waals surface area contributed by atoms with Crippen molar-refractivity contribution in [3.8, 4) is 0 Å². The van der Waals surface area contributed by atoms with Crippen molar-refractivity contribution in [1.82, 2.24) is 0 Å². The van der Waals surface area contributed by atoms with Crippen LogP contribution in [0.5, 0.6) is 0 Å². The van der Waals surface area contributed by atoms with Gasteiger partial charge in [-0.25, -0.2) is 4.79 Å². The van der Waals surface area contributed by atoms with Crippen LogP contribution >= 0.6 is 0 Å². The fraction of sp³-hybridized carbons (Fsp3) is 0.750. The quantitative estimate of drug-likeness (QED) is 0.130. The maximum Gasteiger partial charge on any atom is 0.330 e. The minimum Gasteiger partial charge on any atom is -0.466 e. The Morgan fingerprint density at radius 1 is 1.12 bits per heavy atom. The van der Waals surface area contributed by atoms with E-state index in [1.165, 1.54) is 13.2 Å². The molecule has 0 rings (SSSR count). The molecule has 0 saturated carbocycles. The monoisotopic (exact) mass is 386 g/mol. The van der Waals surface area contributed by atoms with Crippen LogP contribution in [0.4, 0.5) is 0 Å². The second-order valence-corrected chi connectivity index (χ2v) is 13.0. The lowest BCUT2D eigenvalue weighted by Crippen LogP contribution is -2.47. The summed E-state index contributed by atoms with van der Waals surface area (Å²) in [5.41, 5.74) is 0. The Bertz CT molecular complexity index is 465. The van der Waals surface area contributed by atoms with E-state index in [0.29, 0.717) is 6.61 Å². The lowest BCUT2D eigenvalue weighted by molar-refractivity contribution is -0.134. The first-order valence-electron chi connectivity index (χ1n) is 9.13. The van der Waals surface area contributed by atoms with Gasteiger partial charge in [0, 0.05) is 19.1 Å². The third kappa shape index (κ3) is 9.12. The zero-order valence-corrected chi connectivity index (χ0v) is 19.0. The highest BCUT2D eigenvalue weighted by molar-refractivity contribution is 6.74. The molecule has 3 atom stereocenters. The maximum absolute atomic E-state index is 11.2. The van der Waals surface area contributed by atoms with E-state index in [1.807, 2.05) is 6.08 Å². The molecule has 26 heavy (non-hydrogen) atoms.